The van der Waals surface area contributed by atoms with Gasteiger partial charge in [0.15, 0.2) is 0 Å². The van der Waals surface area contributed by atoms with Crippen LogP contribution in [0.5, 0.6) is 0 Å². The third-order valence-corrected chi connectivity index (χ3v) is 2.51. The molecule has 0 aromatic carbocycles. The van der Waals surface area contributed by atoms with Gasteiger partial charge in [-0.1, -0.05) is 0 Å². The first-order chi connectivity index (χ1) is 9.23. The molecule has 20 heavy (non-hydrogen) atoms. The maximum Gasteiger partial charge on any atom is 0.408 e. The Morgan fingerprint density at radius 2 is 2.15 bits per heavy atom. The monoisotopic (exact) mass is 283 g/mol. The fourth-order valence-corrected chi connectivity index (χ4v) is 1.74. The Bertz CT molecular complexity index is 476. The van der Waals surface area contributed by atoms with E-state index >= 15 is 0 Å². The Morgan fingerprint density at radius 3 is 2.65 bits per heavy atom. The molecule has 7 nitrogen and oxygen atoms in total. The summed E-state index contributed by atoms with van der Waals surface area (Å²) in [5.41, 5.74) is 0.00354. The number of hydrogen-bond acceptors (Lipinski definition) is 4. The van der Waals surface area contributed by atoms with Crippen LogP contribution in [-0.4, -0.2) is 32.3 Å². The Morgan fingerprint density at radius 1 is 1.50 bits per heavy atom. The molecule has 0 fully saturated rings. The summed E-state index contributed by atoms with van der Waals surface area (Å²) in [6.07, 6.45) is 2.27. The first kappa shape index (κ1) is 16.0. The molecule has 2 N–H and O–H groups in total. The zero-order valence-electron chi connectivity index (χ0n) is 12.2. The lowest BCUT2D eigenvalue weighted by Gasteiger charge is -2.23. The van der Waals surface area contributed by atoms with Crippen LogP contribution in [0.2, 0.25) is 0 Å². The molecule has 1 aromatic heterocycles. The van der Waals surface area contributed by atoms with Gasteiger partial charge in [0, 0.05) is 6.54 Å². The number of ether oxygens (including phenoxy) is 1. The van der Waals surface area contributed by atoms with Crippen molar-refractivity contribution >= 4 is 12.1 Å². The fraction of sp³-hybridized carbons (Fsp3) is 0.615. The molecule has 1 rings (SSSR count). The molecular weight excluding hydrogens is 262 g/mol. The maximum atomic E-state index is 11.8. The summed E-state index contributed by atoms with van der Waals surface area (Å²) in [7, 11) is 0. The predicted octanol–water partition coefficient (Wildman–Crippen LogP) is 1.94. The zero-order chi connectivity index (χ0) is 15.3. The number of nitrogens with zero attached hydrogens (tertiary/aromatic N) is 2. The van der Waals surface area contributed by atoms with Crippen molar-refractivity contribution in [2.75, 3.05) is 0 Å². The predicted molar refractivity (Wildman–Crippen MR) is 72.3 cm³/mol. The Labute approximate surface area is 118 Å². The fourth-order valence-electron chi connectivity index (χ4n) is 1.74. The summed E-state index contributed by atoms with van der Waals surface area (Å²) < 4.78 is 6.93. The minimum Gasteiger partial charge on any atom is -0.481 e. The topological polar surface area (TPSA) is 93.5 Å². The highest BCUT2D eigenvalue weighted by atomic mass is 16.6. The Hall–Kier alpha value is -2.05. The third-order valence-electron chi connectivity index (χ3n) is 2.51. The van der Waals surface area contributed by atoms with Crippen LogP contribution in [0.25, 0.3) is 0 Å². The Balaban J connectivity index is 2.85. The number of aliphatic carboxylic acids is 1. The highest BCUT2D eigenvalue weighted by molar-refractivity contribution is 5.72. The minimum atomic E-state index is -1.00. The molecule has 0 unspecified atom stereocenters. The lowest BCUT2D eigenvalue weighted by atomic mass is 10.1. The van der Waals surface area contributed by atoms with Gasteiger partial charge < -0.3 is 19.7 Å². The highest BCUT2D eigenvalue weighted by Crippen LogP contribution is 2.18. The van der Waals surface area contributed by atoms with Crippen LogP contribution in [0.15, 0.2) is 12.5 Å². The molecule has 112 valence electrons. The standard InChI is InChI=1S/C13H21N3O4/c1-5-16-8-14-7-10(16)9(6-11(17)18)15-12(19)20-13(2,3)4/h7-9H,5-6H2,1-4H3,(H,15,19)(H,17,18)/t9-/m0/s1. The summed E-state index contributed by atoms with van der Waals surface area (Å²) in [4.78, 5) is 26.7. The second-order valence-corrected chi connectivity index (χ2v) is 5.40. The second-order valence-electron chi connectivity index (χ2n) is 5.40. The van der Waals surface area contributed by atoms with Gasteiger partial charge in [-0.25, -0.2) is 9.78 Å². The van der Waals surface area contributed by atoms with Crippen molar-refractivity contribution in [1.82, 2.24) is 14.9 Å². The van der Waals surface area contributed by atoms with Crippen LogP contribution < -0.4 is 5.32 Å². The van der Waals surface area contributed by atoms with E-state index in [1.807, 2.05) is 6.92 Å². The number of hydrogen-bond donors (Lipinski definition) is 2. The quantitative estimate of drug-likeness (QED) is 0.861. The van der Waals surface area contributed by atoms with E-state index in [4.69, 9.17) is 9.84 Å². The van der Waals surface area contributed by atoms with Crippen molar-refractivity contribution < 1.29 is 19.4 Å². The van der Waals surface area contributed by atoms with Crippen molar-refractivity contribution in [3.63, 3.8) is 0 Å². The number of imidazole rings is 1. The van der Waals surface area contributed by atoms with Gasteiger partial charge in [-0.05, 0) is 27.7 Å². The SMILES string of the molecule is CCn1cncc1[C@H](CC(=O)O)NC(=O)OC(C)(C)C. The largest absolute Gasteiger partial charge is 0.481 e. The van der Waals surface area contributed by atoms with Crippen LogP contribution in [0, 0.1) is 0 Å². The number of rotatable bonds is 5. The normalized spacial score (nSPS) is 12.8. The van der Waals surface area contributed by atoms with E-state index in [0.717, 1.165) is 0 Å². The van der Waals surface area contributed by atoms with Crippen LogP contribution in [0.4, 0.5) is 4.79 Å². The van der Waals surface area contributed by atoms with E-state index in [1.54, 1.807) is 37.9 Å². The molecule has 1 atom stereocenters. The molecule has 0 spiro atoms. The Kier molecular flexibility index (Phi) is 5.12. The van der Waals surface area contributed by atoms with Gasteiger partial charge in [-0.15, -0.1) is 0 Å². The van der Waals surface area contributed by atoms with Crippen molar-refractivity contribution in [3.8, 4) is 0 Å². The van der Waals surface area contributed by atoms with Gasteiger partial charge in [0.2, 0.25) is 0 Å². The van der Waals surface area contributed by atoms with E-state index in [1.165, 1.54) is 0 Å². The first-order valence-corrected chi connectivity index (χ1v) is 6.44. The molecule has 0 aliphatic rings. The molecule has 0 aliphatic carbocycles. The number of amides is 1. The van der Waals surface area contributed by atoms with Crippen molar-refractivity contribution in [3.05, 3.63) is 18.2 Å². The van der Waals surface area contributed by atoms with Crippen molar-refractivity contribution in [2.45, 2.75) is 52.3 Å². The average Bonchev–Trinajstić information content (AvgIpc) is 2.72. The van der Waals surface area contributed by atoms with Crippen LogP contribution in [0.3, 0.4) is 0 Å². The second kappa shape index (κ2) is 6.40. The lowest BCUT2D eigenvalue weighted by Crippen LogP contribution is -2.36. The van der Waals surface area contributed by atoms with Crippen molar-refractivity contribution in [1.29, 1.82) is 0 Å². The highest BCUT2D eigenvalue weighted by Gasteiger charge is 2.24. The number of carboxylic acids is 1. The van der Waals surface area contributed by atoms with Crippen molar-refractivity contribution in [2.24, 2.45) is 0 Å². The molecular formula is C13H21N3O4. The van der Waals surface area contributed by atoms with E-state index in [9.17, 15) is 9.59 Å². The van der Waals surface area contributed by atoms with E-state index < -0.39 is 23.7 Å². The minimum absolute atomic E-state index is 0.231. The molecule has 0 saturated carbocycles. The molecule has 1 aromatic rings. The molecule has 0 radical (unpaired) electrons. The summed E-state index contributed by atoms with van der Waals surface area (Å²) in [5.74, 6) is -1.00. The van der Waals surface area contributed by atoms with Crippen LogP contribution in [0.1, 0.15) is 45.9 Å². The molecule has 7 heteroatoms. The van der Waals surface area contributed by atoms with Gasteiger partial charge in [-0.3, -0.25) is 4.79 Å². The molecule has 0 saturated heterocycles. The maximum absolute atomic E-state index is 11.8. The summed E-state index contributed by atoms with van der Waals surface area (Å²) in [6, 6.07) is -0.676. The number of aryl methyl sites for hydroxylation is 1. The smallest absolute Gasteiger partial charge is 0.408 e. The van der Waals surface area contributed by atoms with Gasteiger partial charge in [0.05, 0.1) is 30.7 Å². The molecule has 0 aliphatic heterocycles. The zero-order valence-corrected chi connectivity index (χ0v) is 12.2. The third kappa shape index (κ3) is 4.91. The number of alkyl carbamates (subject to hydrolysis) is 1. The molecule has 1 heterocycles. The number of carbonyl (C=O) groups is 2. The average molecular weight is 283 g/mol. The number of carbonyl (C=O) groups excluding carboxylic acids is 1. The van der Waals surface area contributed by atoms with E-state index in [-0.39, 0.29) is 6.42 Å². The van der Waals surface area contributed by atoms with Crippen LogP contribution >= 0.6 is 0 Å². The number of nitrogens with one attached hydrogen (secondary N) is 1. The van der Waals surface area contributed by atoms with E-state index in [0.29, 0.717) is 12.2 Å². The summed E-state index contributed by atoms with van der Waals surface area (Å²) >= 11 is 0. The van der Waals surface area contributed by atoms with Gasteiger partial charge >= 0.3 is 12.1 Å². The lowest BCUT2D eigenvalue weighted by molar-refractivity contribution is -0.137. The molecule has 1 amide bonds. The summed E-state index contributed by atoms with van der Waals surface area (Å²) in [6.45, 7) is 7.79. The summed E-state index contributed by atoms with van der Waals surface area (Å²) in [5, 5.41) is 11.5. The van der Waals surface area contributed by atoms with Gasteiger partial charge in [0.25, 0.3) is 0 Å². The first-order valence-electron chi connectivity index (χ1n) is 6.44. The number of carboxylic acid groups (broad SMARTS) is 1. The molecule has 0 bridgehead atoms. The van der Waals surface area contributed by atoms with Gasteiger partial charge in [-0.2, -0.15) is 0 Å². The van der Waals surface area contributed by atoms with Gasteiger partial charge in [0.1, 0.15) is 5.60 Å². The number of aromatic nitrogens is 2. The van der Waals surface area contributed by atoms with E-state index in [2.05, 4.69) is 10.3 Å². The van der Waals surface area contributed by atoms with Crippen LogP contribution in [-0.2, 0) is 16.1 Å².